The van der Waals surface area contributed by atoms with Gasteiger partial charge >= 0.3 is 12.0 Å². The average molecular weight is 398 g/mol. The van der Waals surface area contributed by atoms with Gasteiger partial charge < -0.3 is 36.8 Å². The molecule has 12 nitrogen and oxygen atoms in total. The molecule has 1 aromatic heterocycles. The number of aliphatic hydroxyl groups excluding tert-OH is 1. The molecule has 1 aliphatic carbocycles. The van der Waals surface area contributed by atoms with E-state index in [0.717, 1.165) is 19.3 Å². The Morgan fingerprint density at radius 2 is 1.89 bits per heavy atom. The van der Waals surface area contributed by atoms with Gasteiger partial charge in [-0.15, -0.1) is 0 Å². The Morgan fingerprint density at radius 1 is 1.25 bits per heavy atom. The number of nitrogens with zero attached hydrogens (tertiary/aromatic N) is 2. The van der Waals surface area contributed by atoms with Crippen LogP contribution in [0, 0.1) is 0 Å². The molecule has 1 unspecified atom stereocenters. The Labute approximate surface area is 161 Å². The van der Waals surface area contributed by atoms with Crippen LogP contribution in [0.25, 0.3) is 0 Å². The molecule has 3 amide bonds. The van der Waals surface area contributed by atoms with E-state index in [1.54, 1.807) is 0 Å². The predicted molar refractivity (Wildman–Crippen MR) is 94.6 cm³/mol. The highest BCUT2D eigenvalue weighted by Crippen LogP contribution is 2.33. The van der Waals surface area contributed by atoms with Gasteiger partial charge in [-0.05, 0) is 19.8 Å². The lowest BCUT2D eigenvalue weighted by Gasteiger charge is -2.29. The molecule has 0 aromatic carbocycles. The summed E-state index contributed by atoms with van der Waals surface area (Å²) in [4.78, 5) is 38.8. The second-order valence-corrected chi connectivity index (χ2v) is 7.07. The molecule has 1 aliphatic rings. The quantitative estimate of drug-likeness (QED) is 0.324. The summed E-state index contributed by atoms with van der Waals surface area (Å²) in [5, 5.41) is 26.9. The number of hydrogen-bond donors (Lipinski definition) is 6. The van der Waals surface area contributed by atoms with Crippen LogP contribution < -0.4 is 22.1 Å². The highest BCUT2D eigenvalue weighted by atomic mass is 16.5. The normalized spacial score (nSPS) is 19.2. The van der Waals surface area contributed by atoms with Crippen LogP contribution >= 0.6 is 0 Å². The van der Waals surface area contributed by atoms with Crippen molar-refractivity contribution in [1.29, 1.82) is 0 Å². The first-order valence-electron chi connectivity index (χ1n) is 9.01. The fraction of sp³-hybridized carbons (Fsp3) is 0.688. The van der Waals surface area contributed by atoms with E-state index < -0.39 is 41.6 Å². The van der Waals surface area contributed by atoms with Gasteiger partial charge in [0, 0.05) is 0 Å². The van der Waals surface area contributed by atoms with Crippen LogP contribution in [0.1, 0.15) is 63.2 Å². The smallest absolute Gasteiger partial charge is 0.328 e. The van der Waals surface area contributed by atoms with E-state index in [2.05, 4.69) is 20.8 Å². The van der Waals surface area contributed by atoms with Gasteiger partial charge in [0.2, 0.25) is 11.8 Å². The van der Waals surface area contributed by atoms with Crippen LogP contribution in [-0.2, 0) is 15.1 Å². The van der Waals surface area contributed by atoms with Crippen molar-refractivity contribution in [3.63, 3.8) is 0 Å². The van der Waals surface area contributed by atoms with Crippen LogP contribution in [0.4, 0.5) is 4.79 Å². The number of aliphatic carboxylic acids is 1. The maximum atomic E-state index is 12.1. The third-order valence-corrected chi connectivity index (χ3v) is 4.68. The first-order chi connectivity index (χ1) is 13.1. The lowest BCUT2D eigenvalue weighted by atomic mass is 9.82. The lowest BCUT2D eigenvalue weighted by Crippen LogP contribution is -2.52. The molecular weight excluding hydrogens is 372 g/mol. The molecule has 0 saturated heterocycles. The number of carbonyl (C=O) groups is 3. The van der Waals surface area contributed by atoms with Crippen molar-refractivity contribution in [3.8, 4) is 0 Å². The number of carbonyl (C=O) groups excluding carboxylic acids is 2. The molecule has 12 heteroatoms. The maximum Gasteiger partial charge on any atom is 0.328 e. The van der Waals surface area contributed by atoms with E-state index >= 15 is 0 Å². The van der Waals surface area contributed by atoms with E-state index in [9.17, 15) is 19.5 Å². The minimum Gasteiger partial charge on any atom is -0.480 e. The second-order valence-electron chi connectivity index (χ2n) is 7.07. The van der Waals surface area contributed by atoms with Crippen LogP contribution in [0.3, 0.4) is 0 Å². The zero-order valence-electron chi connectivity index (χ0n) is 15.6. The maximum absolute atomic E-state index is 12.1. The van der Waals surface area contributed by atoms with E-state index in [-0.39, 0.29) is 18.1 Å². The molecule has 1 heterocycles. The molecule has 0 radical (unpaired) electrons. The molecule has 28 heavy (non-hydrogen) atoms. The summed E-state index contributed by atoms with van der Waals surface area (Å²) in [6, 6.07) is -3.56. The van der Waals surface area contributed by atoms with Gasteiger partial charge in [-0.25, -0.2) is 9.59 Å². The Kier molecular flexibility index (Phi) is 6.91. The topological polar surface area (TPSA) is 207 Å². The van der Waals surface area contributed by atoms with Gasteiger partial charge in [0.1, 0.15) is 6.04 Å². The van der Waals surface area contributed by atoms with Gasteiger partial charge in [-0.1, -0.05) is 24.4 Å². The Balaban J connectivity index is 2.14. The van der Waals surface area contributed by atoms with Crippen molar-refractivity contribution < 1.29 is 29.1 Å². The van der Waals surface area contributed by atoms with Crippen LogP contribution in [0.15, 0.2) is 4.52 Å². The number of carboxylic acid groups (broad SMARTS) is 1. The number of urea groups is 1. The Morgan fingerprint density at radius 3 is 2.43 bits per heavy atom. The number of carboxylic acids is 1. The minimum absolute atomic E-state index is 0.0664. The molecule has 0 bridgehead atoms. The average Bonchev–Trinajstić information content (AvgIpc) is 3.10. The molecule has 0 aliphatic heterocycles. The zero-order valence-corrected chi connectivity index (χ0v) is 15.6. The number of rotatable bonds is 8. The molecule has 0 spiro atoms. The third-order valence-electron chi connectivity index (χ3n) is 4.68. The number of aromatic nitrogens is 2. The van der Waals surface area contributed by atoms with Crippen molar-refractivity contribution in [2.24, 2.45) is 11.5 Å². The van der Waals surface area contributed by atoms with E-state index in [1.165, 1.54) is 6.92 Å². The van der Waals surface area contributed by atoms with Gasteiger partial charge in [0.15, 0.2) is 11.9 Å². The van der Waals surface area contributed by atoms with Crippen molar-refractivity contribution in [2.75, 3.05) is 0 Å². The first-order valence-corrected chi connectivity index (χ1v) is 9.01. The number of nitrogens with two attached hydrogens (primary N) is 2. The van der Waals surface area contributed by atoms with Crippen LogP contribution in [0.5, 0.6) is 0 Å². The van der Waals surface area contributed by atoms with Gasteiger partial charge in [0.05, 0.1) is 18.1 Å². The summed E-state index contributed by atoms with van der Waals surface area (Å²) in [6.45, 7) is 1.22. The molecule has 156 valence electrons. The third kappa shape index (κ3) is 5.39. The Bertz CT molecular complexity index is 714. The lowest BCUT2D eigenvalue weighted by molar-refractivity contribution is -0.141. The van der Waals surface area contributed by atoms with E-state index in [1.807, 2.05) is 0 Å². The molecule has 3 atom stereocenters. The molecule has 1 fully saturated rings. The molecule has 8 N–H and O–H groups in total. The fourth-order valence-electron chi connectivity index (χ4n) is 3.12. The monoisotopic (exact) mass is 398 g/mol. The fourth-order valence-corrected chi connectivity index (χ4v) is 3.12. The summed E-state index contributed by atoms with van der Waals surface area (Å²) in [7, 11) is 0. The highest BCUT2D eigenvalue weighted by Gasteiger charge is 2.36. The Hall–Kier alpha value is -2.73. The molecule has 2 rings (SSSR count). The van der Waals surface area contributed by atoms with Crippen LogP contribution in [0.2, 0.25) is 0 Å². The first kappa shape index (κ1) is 21.6. The number of amides is 3. The summed E-state index contributed by atoms with van der Waals surface area (Å²) in [6.07, 6.45) is 2.63. The SMILES string of the molecule is CC(O)[C@H](NC(=O)N[C@@H](CC(N)=O)c1nc(C2(N)CCCCC2)no1)C(=O)O. The largest absolute Gasteiger partial charge is 0.480 e. The number of hydrogen-bond acceptors (Lipinski definition) is 8. The predicted octanol–water partition coefficient (Wildman–Crippen LogP) is -0.763. The minimum atomic E-state index is -1.54. The van der Waals surface area contributed by atoms with Crippen molar-refractivity contribution in [1.82, 2.24) is 20.8 Å². The highest BCUT2D eigenvalue weighted by molar-refractivity contribution is 5.83. The number of nitrogens with one attached hydrogen (secondary N) is 2. The number of aliphatic hydroxyl groups is 1. The molecule has 1 aromatic rings. The number of primary amides is 1. The molecular formula is C16H26N6O6. The van der Waals surface area contributed by atoms with Gasteiger partial charge in [0.25, 0.3) is 0 Å². The van der Waals surface area contributed by atoms with Crippen LogP contribution in [-0.4, -0.2) is 50.4 Å². The summed E-state index contributed by atoms with van der Waals surface area (Å²) in [5.74, 6) is -1.94. The van der Waals surface area contributed by atoms with E-state index in [4.69, 9.17) is 21.1 Å². The van der Waals surface area contributed by atoms with Crippen molar-refractivity contribution in [3.05, 3.63) is 11.7 Å². The summed E-state index contributed by atoms with van der Waals surface area (Å²) < 4.78 is 5.19. The van der Waals surface area contributed by atoms with Gasteiger partial charge in [-0.3, -0.25) is 4.79 Å². The van der Waals surface area contributed by atoms with Crippen molar-refractivity contribution >= 4 is 17.9 Å². The second kappa shape index (κ2) is 8.97. The molecule has 1 saturated carbocycles. The summed E-state index contributed by atoms with van der Waals surface area (Å²) >= 11 is 0. The summed E-state index contributed by atoms with van der Waals surface area (Å²) in [5.41, 5.74) is 10.8. The van der Waals surface area contributed by atoms with E-state index in [0.29, 0.717) is 12.8 Å². The standard InChI is InChI=1S/C16H26N6O6/c1-8(23)11(13(25)26)20-15(27)19-9(7-10(17)24)12-21-14(22-28-12)16(18)5-3-2-4-6-16/h8-9,11,23H,2-7,18H2,1H3,(H2,17,24)(H,25,26)(H2,19,20,27)/t8?,9-,11-/m0/s1. The zero-order chi connectivity index (χ0) is 20.9. The van der Waals surface area contributed by atoms with Gasteiger partial charge in [-0.2, -0.15) is 4.98 Å². The van der Waals surface area contributed by atoms with Crippen molar-refractivity contribution in [2.45, 2.75) is 69.2 Å².